The van der Waals surface area contributed by atoms with Crippen LogP contribution in [0.5, 0.6) is 0 Å². The van der Waals surface area contributed by atoms with Crippen molar-refractivity contribution in [3.63, 3.8) is 0 Å². The van der Waals surface area contributed by atoms with Gasteiger partial charge in [0.05, 0.1) is 10.6 Å². The molecule has 0 aliphatic carbocycles. The van der Waals surface area contributed by atoms with Crippen molar-refractivity contribution < 1.29 is 4.79 Å². The van der Waals surface area contributed by atoms with Crippen LogP contribution in [0.3, 0.4) is 0 Å². The average molecular weight is 514 g/mol. The number of amides is 1. The van der Waals surface area contributed by atoms with E-state index in [0.717, 1.165) is 54.7 Å². The number of benzene rings is 3. The lowest BCUT2D eigenvalue weighted by Crippen LogP contribution is -2.28. The normalized spacial score (nSPS) is 16.1. The summed E-state index contributed by atoms with van der Waals surface area (Å²) in [5, 5.41) is 2.59. The van der Waals surface area contributed by atoms with E-state index in [1.807, 2.05) is 49.4 Å². The summed E-state index contributed by atoms with van der Waals surface area (Å²) >= 11 is 7.93. The van der Waals surface area contributed by atoms with Crippen molar-refractivity contribution in [2.75, 3.05) is 6.54 Å². The van der Waals surface area contributed by atoms with Crippen molar-refractivity contribution in [2.24, 2.45) is 4.99 Å². The van der Waals surface area contributed by atoms with Crippen LogP contribution in [0.15, 0.2) is 76.6 Å². The largest absolute Gasteiger partial charge is 0.340 e. The van der Waals surface area contributed by atoms with Crippen LogP contribution in [0.25, 0.3) is 17.0 Å². The molecule has 0 radical (unpaired) electrons. The van der Waals surface area contributed by atoms with Crippen LogP contribution in [0.1, 0.15) is 34.9 Å². The average Bonchev–Trinajstić information content (AvgIpc) is 3.31. The van der Waals surface area contributed by atoms with Crippen molar-refractivity contribution in [1.82, 2.24) is 9.47 Å². The Labute approximate surface area is 221 Å². The second-order valence-electron chi connectivity index (χ2n) is 8.99. The molecular formula is C30H28ClN3OS. The number of hydrogen-bond donors (Lipinski definition) is 0. The minimum Gasteiger partial charge on any atom is -0.340 e. The predicted octanol–water partition coefficient (Wildman–Crippen LogP) is 7.89. The molecule has 0 spiro atoms. The van der Waals surface area contributed by atoms with Gasteiger partial charge in [-0.15, -0.1) is 0 Å². The van der Waals surface area contributed by atoms with E-state index in [0.29, 0.717) is 18.0 Å². The zero-order chi connectivity index (χ0) is 25.4. The molecule has 4 aromatic rings. The van der Waals surface area contributed by atoms with Crippen molar-refractivity contribution in [2.45, 2.75) is 34.2 Å². The maximum Gasteiger partial charge on any atom is 0.266 e. The maximum atomic E-state index is 13.4. The monoisotopic (exact) mass is 513 g/mol. The summed E-state index contributed by atoms with van der Waals surface area (Å²) in [4.78, 5) is 20.8. The van der Waals surface area contributed by atoms with Gasteiger partial charge in [0.15, 0.2) is 5.17 Å². The lowest BCUT2D eigenvalue weighted by atomic mass is 10.1. The van der Waals surface area contributed by atoms with Crippen LogP contribution in [0, 0.1) is 20.8 Å². The van der Waals surface area contributed by atoms with Gasteiger partial charge in [-0.3, -0.25) is 9.69 Å². The van der Waals surface area contributed by atoms with Gasteiger partial charge in [-0.05, 0) is 74.4 Å². The van der Waals surface area contributed by atoms with Gasteiger partial charge in [0.1, 0.15) is 0 Å². The lowest BCUT2D eigenvalue weighted by Gasteiger charge is -2.13. The molecule has 1 amide bonds. The molecule has 182 valence electrons. The van der Waals surface area contributed by atoms with E-state index in [1.165, 1.54) is 11.8 Å². The van der Waals surface area contributed by atoms with E-state index in [4.69, 9.17) is 16.6 Å². The van der Waals surface area contributed by atoms with E-state index >= 15 is 0 Å². The molecule has 1 aliphatic heterocycles. The third-order valence-corrected chi connectivity index (χ3v) is 8.07. The summed E-state index contributed by atoms with van der Waals surface area (Å²) in [6.07, 6.45) is 2.03. The highest BCUT2D eigenvalue weighted by Crippen LogP contribution is 2.38. The van der Waals surface area contributed by atoms with Gasteiger partial charge in [-0.25, -0.2) is 4.99 Å². The van der Waals surface area contributed by atoms with E-state index in [-0.39, 0.29) is 5.91 Å². The summed E-state index contributed by atoms with van der Waals surface area (Å²) in [6.45, 7) is 9.44. The molecule has 1 saturated heterocycles. The van der Waals surface area contributed by atoms with Gasteiger partial charge < -0.3 is 4.57 Å². The number of carbonyl (C=O) groups is 1. The van der Waals surface area contributed by atoms with E-state index in [2.05, 4.69) is 55.7 Å². The summed E-state index contributed by atoms with van der Waals surface area (Å²) in [5.41, 5.74) is 7.46. The SMILES string of the molecule is CCN1C(=O)/C(=C\c2c(C)n(Cc3ccccc3Cl)c3ccccc23)SC1=Nc1c(C)cccc1C. The van der Waals surface area contributed by atoms with Crippen molar-refractivity contribution in [1.29, 1.82) is 0 Å². The first-order valence-corrected chi connectivity index (χ1v) is 13.3. The molecule has 0 N–H and O–H groups in total. The Morgan fingerprint density at radius 1 is 0.944 bits per heavy atom. The number of thioether (sulfide) groups is 1. The number of rotatable bonds is 5. The number of carbonyl (C=O) groups excluding carboxylic acids is 1. The van der Waals surface area contributed by atoms with Crippen LogP contribution in [0.4, 0.5) is 5.69 Å². The fourth-order valence-electron chi connectivity index (χ4n) is 4.72. The Balaban J connectivity index is 1.59. The smallest absolute Gasteiger partial charge is 0.266 e. The number of aryl methyl sites for hydroxylation is 2. The molecule has 36 heavy (non-hydrogen) atoms. The summed E-state index contributed by atoms with van der Waals surface area (Å²) in [7, 11) is 0. The lowest BCUT2D eigenvalue weighted by molar-refractivity contribution is -0.122. The molecule has 3 aromatic carbocycles. The Morgan fingerprint density at radius 3 is 2.36 bits per heavy atom. The highest BCUT2D eigenvalue weighted by molar-refractivity contribution is 8.18. The molecular weight excluding hydrogens is 486 g/mol. The number of amidine groups is 1. The maximum absolute atomic E-state index is 13.4. The minimum absolute atomic E-state index is 0.00479. The molecule has 2 heterocycles. The first kappa shape index (κ1) is 24.4. The van der Waals surface area contributed by atoms with Gasteiger partial charge >= 0.3 is 0 Å². The van der Waals surface area contributed by atoms with Crippen LogP contribution >= 0.6 is 23.4 Å². The van der Waals surface area contributed by atoms with Gasteiger partial charge in [0.25, 0.3) is 5.91 Å². The number of aliphatic imine (C=N–C) groups is 1. The van der Waals surface area contributed by atoms with E-state index in [1.54, 1.807) is 4.90 Å². The summed E-state index contributed by atoms with van der Waals surface area (Å²) in [6, 6.07) is 22.4. The van der Waals surface area contributed by atoms with Gasteiger partial charge in [-0.1, -0.05) is 66.2 Å². The van der Waals surface area contributed by atoms with Gasteiger partial charge in [-0.2, -0.15) is 0 Å². The number of halogens is 1. The topological polar surface area (TPSA) is 37.6 Å². The second kappa shape index (κ2) is 10.00. The Bertz CT molecular complexity index is 1530. The highest BCUT2D eigenvalue weighted by atomic mass is 35.5. The molecule has 1 aliphatic rings. The number of para-hydroxylation sites is 2. The molecule has 4 nitrogen and oxygen atoms in total. The number of fused-ring (bicyclic) bond motifs is 1. The van der Waals surface area contributed by atoms with Crippen LogP contribution < -0.4 is 0 Å². The zero-order valence-corrected chi connectivity index (χ0v) is 22.5. The quantitative estimate of drug-likeness (QED) is 0.254. The van der Waals surface area contributed by atoms with E-state index < -0.39 is 0 Å². The van der Waals surface area contributed by atoms with Crippen LogP contribution in [-0.4, -0.2) is 27.1 Å². The second-order valence-corrected chi connectivity index (χ2v) is 10.4. The highest BCUT2D eigenvalue weighted by Gasteiger charge is 2.33. The van der Waals surface area contributed by atoms with Gasteiger partial charge in [0.2, 0.25) is 0 Å². The third kappa shape index (κ3) is 4.38. The number of nitrogens with zero attached hydrogens (tertiary/aromatic N) is 3. The Hall–Kier alpha value is -3.28. The zero-order valence-electron chi connectivity index (χ0n) is 20.9. The molecule has 5 rings (SSSR count). The number of hydrogen-bond acceptors (Lipinski definition) is 3. The summed E-state index contributed by atoms with van der Waals surface area (Å²) in [5.74, 6) is -0.00479. The van der Waals surface area contributed by atoms with Crippen LogP contribution in [0.2, 0.25) is 5.02 Å². The number of aromatic nitrogens is 1. The molecule has 0 unspecified atom stereocenters. The molecule has 0 bridgehead atoms. The molecule has 1 fully saturated rings. The first-order chi connectivity index (χ1) is 17.4. The predicted molar refractivity (Wildman–Crippen MR) is 153 cm³/mol. The molecule has 6 heteroatoms. The van der Waals surface area contributed by atoms with Crippen molar-refractivity contribution in [3.8, 4) is 0 Å². The Morgan fingerprint density at radius 2 is 1.64 bits per heavy atom. The van der Waals surface area contributed by atoms with Crippen molar-refractivity contribution >= 4 is 57.1 Å². The fourth-order valence-corrected chi connectivity index (χ4v) is 5.95. The van der Waals surface area contributed by atoms with Crippen LogP contribution in [-0.2, 0) is 11.3 Å². The van der Waals surface area contributed by atoms with Gasteiger partial charge in [0, 0.05) is 40.3 Å². The third-order valence-electron chi connectivity index (χ3n) is 6.69. The number of likely N-dealkylation sites (N-methyl/N-ethyl adjacent to an activating group) is 1. The van der Waals surface area contributed by atoms with Crippen molar-refractivity contribution in [3.05, 3.63) is 105 Å². The molecule has 0 saturated carbocycles. The first-order valence-electron chi connectivity index (χ1n) is 12.1. The molecule has 0 atom stereocenters. The molecule has 1 aromatic heterocycles. The Kier molecular flexibility index (Phi) is 6.78. The van der Waals surface area contributed by atoms with E-state index in [9.17, 15) is 4.79 Å². The summed E-state index contributed by atoms with van der Waals surface area (Å²) < 4.78 is 2.27. The fraction of sp³-hybridized carbons (Fsp3) is 0.200. The minimum atomic E-state index is -0.00479. The standard InChI is InChI=1S/C30H28ClN3OS/c1-5-33-29(35)27(36-30(33)32-28-19(2)11-10-12-20(28)3)17-24-21(4)34(26-16-9-7-14-23(24)26)18-22-13-6-8-15-25(22)31/h6-17H,5,18H2,1-4H3/b27-17+,32-30?.